The minimum Gasteiger partial charge on any atom is -0.495 e. The average Bonchev–Trinajstić information content (AvgIpc) is 2.97. The highest BCUT2D eigenvalue weighted by Gasteiger charge is 2.27. The van der Waals surface area contributed by atoms with Crippen molar-refractivity contribution in [3.63, 3.8) is 0 Å². The standard InChI is InChI=1S/C20H25N3O4S/c1-14-11-15-7-5-6-8-17(15)23(14)13-20(24)21-16-9-10-18(27-4)19(12-16)28(25,26)22(2)3/h5-10,12,14H,11,13H2,1-4H3,(H,21,24)/t14-/m1/s1. The molecule has 28 heavy (non-hydrogen) atoms. The maximum absolute atomic E-state index is 12.6. The first-order valence-corrected chi connectivity index (χ1v) is 10.4. The number of benzene rings is 2. The SMILES string of the molecule is COc1ccc(NC(=O)CN2c3ccccc3C[C@H]2C)cc1S(=O)(=O)N(C)C. The first-order valence-electron chi connectivity index (χ1n) is 8.99. The van der Waals surface area contributed by atoms with Crippen molar-refractivity contribution in [1.29, 1.82) is 0 Å². The van der Waals surface area contributed by atoms with Gasteiger partial charge in [0, 0.05) is 31.5 Å². The Morgan fingerprint density at radius 1 is 1.25 bits per heavy atom. The first kappa shape index (κ1) is 20.2. The second-order valence-electron chi connectivity index (χ2n) is 7.01. The zero-order valence-electron chi connectivity index (χ0n) is 16.5. The number of nitrogens with zero attached hydrogens (tertiary/aromatic N) is 2. The van der Waals surface area contributed by atoms with Crippen molar-refractivity contribution < 1.29 is 17.9 Å². The minimum absolute atomic E-state index is 0.0117. The second-order valence-corrected chi connectivity index (χ2v) is 9.13. The van der Waals surface area contributed by atoms with Gasteiger partial charge in [-0.15, -0.1) is 0 Å². The van der Waals surface area contributed by atoms with Gasteiger partial charge in [0.15, 0.2) is 0 Å². The fourth-order valence-electron chi connectivity index (χ4n) is 3.38. The van der Waals surface area contributed by atoms with E-state index in [9.17, 15) is 13.2 Å². The largest absolute Gasteiger partial charge is 0.495 e. The van der Waals surface area contributed by atoms with E-state index < -0.39 is 10.0 Å². The zero-order chi connectivity index (χ0) is 20.5. The lowest BCUT2D eigenvalue weighted by Crippen LogP contribution is -2.37. The molecule has 0 spiro atoms. The van der Waals surface area contributed by atoms with E-state index in [-0.39, 0.29) is 29.1 Å². The molecule has 1 aliphatic heterocycles. The second kappa shape index (κ2) is 7.81. The van der Waals surface area contributed by atoms with Gasteiger partial charge in [-0.1, -0.05) is 18.2 Å². The van der Waals surface area contributed by atoms with Crippen LogP contribution in [0.1, 0.15) is 12.5 Å². The zero-order valence-corrected chi connectivity index (χ0v) is 17.3. The smallest absolute Gasteiger partial charge is 0.246 e. The van der Waals surface area contributed by atoms with Gasteiger partial charge in [0.25, 0.3) is 0 Å². The number of nitrogens with one attached hydrogen (secondary N) is 1. The molecule has 2 aromatic carbocycles. The molecule has 0 fully saturated rings. The third-order valence-electron chi connectivity index (χ3n) is 4.87. The van der Waals surface area contributed by atoms with Crippen LogP contribution in [0, 0.1) is 0 Å². The minimum atomic E-state index is -3.70. The van der Waals surface area contributed by atoms with Crippen molar-refractivity contribution in [3.05, 3.63) is 48.0 Å². The number of carbonyl (C=O) groups excluding carboxylic acids is 1. The number of anilines is 2. The monoisotopic (exact) mass is 403 g/mol. The van der Waals surface area contributed by atoms with Gasteiger partial charge in [-0.2, -0.15) is 0 Å². The molecule has 3 rings (SSSR count). The number of methoxy groups -OCH3 is 1. The van der Waals surface area contributed by atoms with Crippen LogP contribution >= 0.6 is 0 Å². The molecule has 2 aromatic rings. The van der Waals surface area contributed by atoms with Gasteiger partial charge in [-0.3, -0.25) is 4.79 Å². The van der Waals surface area contributed by atoms with Crippen LogP contribution in [0.15, 0.2) is 47.4 Å². The normalized spacial score (nSPS) is 16.2. The molecule has 1 heterocycles. The van der Waals surface area contributed by atoms with Gasteiger partial charge in [-0.05, 0) is 43.2 Å². The molecule has 1 N–H and O–H groups in total. The molecule has 0 radical (unpaired) electrons. The highest BCUT2D eigenvalue weighted by molar-refractivity contribution is 7.89. The third kappa shape index (κ3) is 3.83. The Kier molecular flexibility index (Phi) is 5.62. The van der Waals surface area contributed by atoms with Crippen molar-refractivity contribution in [2.45, 2.75) is 24.3 Å². The molecule has 1 amide bonds. The van der Waals surface area contributed by atoms with Gasteiger partial charge in [0.05, 0.1) is 13.7 Å². The summed E-state index contributed by atoms with van der Waals surface area (Å²) in [6.45, 7) is 2.28. The average molecular weight is 404 g/mol. The van der Waals surface area contributed by atoms with E-state index in [1.807, 2.05) is 18.2 Å². The Morgan fingerprint density at radius 2 is 1.96 bits per heavy atom. The van der Waals surface area contributed by atoms with Gasteiger partial charge < -0.3 is 15.0 Å². The van der Waals surface area contributed by atoms with Gasteiger partial charge in [-0.25, -0.2) is 12.7 Å². The molecule has 0 unspecified atom stereocenters. The van der Waals surface area contributed by atoms with Crippen LogP contribution in [-0.2, 0) is 21.2 Å². The number of fused-ring (bicyclic) bond motifs is 1. The molecule has 1 atom stereocenters. The molecule has 0 saturated heterocycles. The summed E-state index contributed by atoms with van der Waals surface area (Å²) in [6, 6.07) is 12.9. The Hall–Kier alpha value is -2.58. The van der Waals surface area contributed by atoms with Gasteiger partial charge in [0.2, 0.25) is 15.9 Å². The van der Waals surface area contributed by atoms with E-state index in [4.69, 9.17) is 4.74 Å². The lowest BCUT2D eigenvalue weighted by Gasteiger charge is -2.24. The molecule has 8 heteroatoms. The molecule has 0 bridgehead atoms. The van der Waals surface area contributed by atoms with E-state index in [2.05, 4.69) is 23.2 Å². The van der Waals surface area contributed by atoms with E-state index in [1.54, 1.807) is 12.1 Å². The van der Waals surface area contributed by atoms with Gasteiger partial charge >= 0.3 is 0 Å². The molecular weight excluding hydrogens is 378 g/mol. The van der Waals surface area contributed by atoms with Crippen LogP contribution < -0.4 is 15.0 Å². The van der Waals surface area contributed by atoms with E-state index in [0.717, 1.165) is 16.4 Å². The summed E-state index contributed by atoms with van der Waals surface area (Å²) in [5, 5.41) is 2.80. The van der Waals surface area contributed by atoms with Crippen molar-refractivity contribution in [1.82, 2.24) is 4.31 Å². The van der Waals surface area contributed by atoms with Crippen LogP contribution in [0.3, 0.4) is 0 Å². The molecule has 0 aliphatic carbocycles. The lowest BCUT2D eigenvalue weighted by molar-refractivity contribution is -0.115. The molecule has 1 aliphatic rings. The fourth-order valence-corrected chi connectivity index (χ4v) is 4.45. The maximum atomic E-state index is 12.6. The topological polar surface area (TPSA) is 79.0 Å². The Labute approximate surface area is 166 Å². The number of carbonyl (C=O) groups is 1. The van der Waals surface area contributed by atoms with Crippen molar-refractivity contribution in [3.8, 4) is 5.75 Å². The van der Waals surface area contributed by atoms with Crippen molar-refractivity contribution in [2.75, 3.05) is 38.0 Å². The summed E-state index contributed by atoms with van der Waals surface area (Å²) in [5.41, 5.74) is 2.70. The predicted molar refractivity (Wildman–Crippen MR) is 109 cm³/mol. The Morgan fingerprint density at radius 3 is 2.64 bits per heavy atom. The number of rotatable bonds is 6. The highest BCUT2D eigenvalue weighted by Crippen LogP contribution is 2.32. The van der Waals surface area contributed by atoms with Crippen LogP contribution in [-0.4, -0.2) is 52.4 Å². The molecule has 7 nitrogen and oxygen atoms in total. The van der Waals surface area contributed by atoms with Crippen LogP contribution in [0.2, 0.25) is 0 Å². The van der Waals surface area contributed by atoms with Crippen LogP contribution in [0.25, 0.3) is 0 Å². The summed E-state index contributed by atoms with van der Waals surface area (Å²) >= 11 is 0. The number of hydrogen-bond acceptors (Lipinski definition) is 5. The summed E-state index contributed by atoms with van der Waals surface area (Å²) in [6.07, 6.45) is 0.900. The predicted octanol–water partition coefficient (Wildman–Crippen LogP) is 2.34. The summed E-state index contributed by atoms with van der Waals surface area (Å²) in [7, 11) is 0.610. The molecular formula is C20H25N3O4S. The summed E-state index contributed by atoms with van der Waals surface area (Å²) in [5.74, 6) is 0.0238. The molecule has 0 aromatic heterocycles. The first-order chi connectivity index (χ1) is 13.2. The van der Waals surface area contributed by atoms with Gasteiger partial charge in [0.1, 0.15) is 10.6 Å². The summed E-state index contributed by atoms with van der Waals surface area (Å²) < 4.78 is 31.4. The lowest BCUT2D eigenvalue weighted by atomic mass is 10.1. The van der Waals surface area contributed by atoms with Crippen molar-refractivity contribution in [2.24, 2.45) is 0 Å². The molecule has 0 saturated carbocycles. The van der Waals surface area contributed by atoms with Crippen LogP contribution in [0.5, 0.6) is 5.75 Å². The highest BCUT2D eigenvalue weighted by atomic mass is 32.2. The maximum Gasteiger partial charge on any atom is 0.246 e. The number of hydrogen-bond donors (Lipinski definition) is 1. The molecule has 150 valence electrons. The Bertz CT molecular complexity index is 989. The fraction of sp³-hybridized carbons (Fsp3) is 0.350. The van der Waals surface area contributed by atoms with Crippen LogP contribution in [0.4, 0.5) is 11.4 Å². The number of para-hydroxylation sites is 1. The number of sulfonamides is 1. The van der Waals surface area contributed by atoms with E-state index in [0.29, 0.717) is 5.69 Å². The quantitative estimate of drug-likeness (QED) is 0.801. The van der Waals surface area contributed by atoms with E-state index in [1.165, 1.54) is 32.8 Å². The van der Waals surface area contributed by atoms with Crippen molar-refractivity contribution >= 4 is 27.3 Å². The number of amides is 1. The third-order valence-corrected chi connectivity index (χ3v) is 6.70. The Balaban J connectivity index is 1.80. The number of ether oxygens (including phenoxy) is 1. The van der Waals surface area contributed by atoms with E-state index >= 15 is 0 Å². The summed E-state index contributed by atoms with van der Waals surface area (Å²) in [4.78, 5) is 14.7.